The third-order valence-electron chi connectivity index (χ3n) is 4.87. The van der Waals surface area contributed by atoms with Gasteiger partial charge in [-0.1, -0.05) is 30.3 Å². The van der Waals surface area contributed by atoms with Gasteiger partial charge >= 0.3 is 0 Å². The van der Waals surface area contributed by atoms with Crippen molar-refractivity contribution in [2.24, 2.45) is 0 Å². The van der Waals surface area contributed by atoms with E-state index in [2.05, 4.69) is 5.32 Å². The van der Waals surface area contributed by atoms with Crippen LogP contribution < -0.4 is 10.1 Å². The number of sulfonamides is 1. The molecule has 1 fully saturated rings. The van der Waals surface area contributed by atoms with Crippen LogP contribution >= 0.6 is 0 Å². The van der Waals surface area contributed by atoms with Gasteiger partial charge in [0.2, 0.25) is 15.9 Å². The number of hydrogen-bond donors (Lipinski definition) is 1. The van der Waals surface area contributed by atoms with Gasteiger partial charge in [0.15, 0.2) is 9.84 Å². The predicted octanol–water partition coefficient (Wildman–Crippen LogP) is 2.03. The topological polar surface area (TPSA) is 110 Å². The average Bonchev–Trinajstić information content (AvgIpc) is 3.05. The van der Waals surface area contributed by atoms with Crippen molar-refractivity contribution in [1.82, 2.24) is 4.31 Å². The third kappa shape index (κ3) is 5.00. The van der Waals surface area contributed by atoms with Gasteiger partial charge in [0.1, 0.15) is 10.6 Å². The number of benzene rings is 2. The van der Waals surface area contributed by atoms with Crippen molar-refractivity contribution in [3.05, 3.63) is 54.1 Å². The molecule has 0 aliphatic carbocycles. The van der Waals surface area contributed by atoms with E-state index >= 15 is 0 Å². The molecule has 3 rings (SSSR count). The lowest BCUT2D eigenvalue weighted by atomic mass is 10.2. The van der Waals surface area contributed by atoms with E-state index in [1.165, 1.54) is 30.5 Å². The number of hydrogen-bond acceptors (Lipinski definition) is 6. The fourth-order valence-corrected chi connectivity index (χ4v) is 7.11. The van der Waals surface area contributed by atoms with Crippen LogP contribution in [0.4, 0.5) is 5.69 Å². The van der Waals surface area contributed by atoms with Crippen molar-refractivity contribution in [2.45, 2.75) is 30.8 Å². The molecule has 0 aromatic heterocycles. The molecule has 0 spiro atoms. The molecule has 2 aromatic carbocycles. The summed E-state index contributed by atoms with van der Waals surface area (Å²) in [4.78, 5) is 11.3. The first-order valence-corrected chi connectivity index (χ1v) is 12.6. The fourth-order valence-electron chi connectivity index (χ4n) is 3.46. The normalized spacial score (nSPS) is 18.3. The Morgan fingerprint density at radius 1 is 1.20 bits per heavy atom. The molecule has 10 heteroatoms. The Morgan fingerprint density at radius 3 is 2.47 bits per heavy atom. The summed E-state index contributed by atoms with van der Waals surface area (Å²) < 4.78 is 58.0. The van der Waals surface area contributed by atoms with Crippen molar-refractivity contribution in [2.75, 3.05) is 23.9 Å². The summed E-state index contributed by atoms with van der Waals surface area (Å²) in [6.45, 7) is 1.35. The molecule has 1 heterocycles. The standard InChI is InChI=1S/C20H24N2O6S2/c1-15(23)21-17-8-9-19(28-2)20(12-17)30(26,27)22(13-16-6-4-3-5-7-16)18-10-11-29(24,25)14-18/h3-9,12,18H,10-11,13-14H2,1-2H3,(H,21,23)/t18-/m1/s1. The molecule has 30 heavy (non-hydrogen) atoms. The molecular weight excluding hydrogens is 428 g/mol. The third-order valence-corrected chi connectivity index (χ3v) is 8.54. The predicted molar refractivity (Wildman–Crippen MR) is 114 cm³/mol. The summed E-state index contributed by atoms with van der Waals surface area (Å²) in [5, 5.41) is 2.57. The summed E-state index contributed by atoms with van der Waals surface area (Å²) in [7, 11) is -6.10. The van der Waals surface area contributed by atoms with E-state index in [1.807, 2.05) is 6.07 Å². The molecule has 2 aromatic rings. The highest BCUT2D eigenvalue weighted by Gasteiger charge is 2.40. The van der Waals surface area contributed by atoms with Crippen LogP contribution in [-0.4, -0.2) is 51.7 Å². The SMILES string of the molecule is COc1ccc(NC(C)=O)cc1S(=O)(=O)N(Cc1ccccc1)[C@@H]1CCS(=O)(=O)C1. The zero-order chi connectivity index (χ0) is 21.9. The Morgan fingerprint density at radius 2 is 1.90 bits per heavy atom. The Labute approximate surface area is 176 Å². The Balaban J connectivity index is 2.08. The average molecular weight is 453 g/mol. The summed E-state index contributed by atoms with van der Waals surface area (Å²) in [6.07, 6.45) is 0.224. The van der Waals surface area contributed by atoms with Crippen molar-refractivity contribution in [3.63, 3.8) is 0 Å². The van der Waals surface area contributed by atoms with Gasteiger partial charge in [0.05, 0.1) is 18.6 Å². The number of nitrogens with one attached hydrogen (secondary N) is 1. The molecule has 1 amide bonds. The number of amides is 1. The van der Waals surface area contributed by atoms with Crippen molar-refractivity contribution < 1.29 is 26.4 Å². The molecule has 0 unspecified atom stereocenters. The van der Waals surface area contributed by atoms with Gasteiger partial charge in [-0.05, 0) is 30.2 Å². The summed E-state index contributed by atoms with van der Waals surface area (Å²) >= 11 is 0. The van der Waals surface area contributed by atoms with E-state index in [9.17, 15) is 21.6 Å². The van der Waals surface area contributed by atoms with Crippen LogP contribution in [0, 0.1) is 0 Å². The van der Waals surface area contributed by atoms with Crippen LogP contribution in [0.2, 0.25) is 0 Å². The fraction of sp³-hybridized carbons (Fsp3) is 0.350. The zero-order valence-corrected chi connectivity index (χ0v) is 18.4. The summed E-state index contributed by atoms with van der Waals surface area (Å²) in [6, 6.07) is 12.6. The molecular formula is C20H24N2O6S2. The Kier molecular flexibility index (Phi) is 6.49. The lowest BCUT2D eigenvalue weighted by Crippen LogP contribution is -2.40. The number of anilines is 1. The van der Waals surface area contributed by atoms with Crippen molar-refractivity contribution in [3.8, 4) is 5.75 Å². The second-order valence-electron chi connectivity index (χ2n) is 7.14. The van der Waals surface area contributed by atoms with Crippen LogP contribution in [-0.2, 0) is 31.2 Å². The molecule has 1 atom stereocenters. The van der Waals surface area contributed by atoms with Crippen LogP contribution in [0.15, 0.2) is 53.4 Å². The van der Waals surface area contributed by atoms with Crippen molar-refractivity contribution in [1.29, 1.82) is 0 Å². The van der Waals surface area contributed by atoms with Gasteiger partial charge in [-0.3, -0.25) is 4.79 Å². The minimum atomic E-state index is -4.14. The van der Waals surface area contributed by atoms with Crippen LogP contribution in [0.5, 0.6) is 5.75 Å². The molecule has 1 aliphatic rings. The number of methoxy groups -OCH3 is 1. The van der Waals surface area contributed by atoms with E-state index in [4.69, 9.17) is 4.74 Å². The smallest absolute Gasteiger partial charge is 0.247 e. The van der Waals surface area contributed by atoms with E-state index in [1.54, 1.807) is 30.3 Å². The minimum absolute atomic E-state index is 0.0247. The summed E-state index contributed by atoms with van der Waals surface area (Å²) in [5.74, 6) is -0.511. The maximum atomic E-state index is 13.7. The van der Waals surface area contributed by atoms with E-state index in [0.29, 0.717) is 5.69 Å². The molecule has 1 saturated heterocycles. The number of sulfone groups is 1. The minimum Gasteiger partial charge on any atom is -0.495 e. The molecule has 1 N–H and O–H groups in total. The maximum Gasteiger partial charge on any atom is 0.247 e. The van der Waals surface area contributed by atoms with Crippen molar-refractivity contribution >= 4 is 31.5 Å². The van der Waals surface area contributed by atoms with Gasteiger partial charge in [0, 0.05) is 25.2 Å². The van der Waals surface area contributed by atoms with E-state index < -0.39 is 25.9 Å². The number of carbonyl (C=O) groups excluding carboxylic acids is 1. The van der Waals surface area contributed by atoms with Gasteiger partial charge in [-0.25, -0.2) is 16.8 Å². The van der Waals surface area contributed by atoms with Crippen LogP contribution in [0.3, 0.4) is 0 Å². The van der Waals surface area contributed by atoms with Gasteiger partial charge in [-0.2, -0.15) is 4.31 Å². The first-order valence-electron chi connectivity index (χ1n) is 9.34. The first-order chi connectivity index (χ1) is 14.1. The van der Waals surface area contributed by atoms with Crippen LogP contribution in [0.1, 0.15) is 18.9 Å². The monoisotopic (exact) mass is 452 g/mol. The molecule has 162 valence electrons. The highest BCUT2D eigenvalue weighted by atomic mass is 32.2. The largest absolute Gasteiger partial charge is 0.495 e. The quantitative estimate of drug-likeness (QED) is 0.688. The highest BCUT2D eigenvalue weighted by Crippen LogP contribution is 2.33. The number of ether oxygens (including phenoxy) is 1. The second-order valence-corrected chi connectivity index (χ2v) is 11.2. The number of nitrogens with zero attached hydrogens (tertiary/aromatic N) is 1. The number of rotatable bonds is 7. The zero-order valence-electron chi connectivity index (χ0n) is 16.7. The highest BCUT2D eigenvalue weighted by molar-refractivity contribution is 7.92. The van der Waals surface area contributed by atoms with E-state index in [0.717, 1.165) is 5.56 Å². The van der Waals surface area contributed by atoms with Gasteiger partial charge in [0.25, 0.3) is 0 Å². The molecule has 0 bridgehead atoms. The molecule has 1 aliphatic heterocycles. The van der Waals surface area contributed by atoms with Crippen LogP contribution in [0.25, 0.3) is 0 Å². The Bertz CT molecular complexity index is 1130. The second kappa shape index (κ2) is 8.75. The summed E-state index contributed by atoms with van der Waals surface area (Å²) in [5.41, 5.74) is 1.04. The lowest BCUT2D eigenvalue weighted by Gasteiger charge is -2.28. The lowest BCUT2D eigenvalue weighted by molar-refractivity contribution is -0.114. The molecule has 8 nitrogen and oxygen atoms in total. The maximum absolute atomic E-state index is 13.7. The van der Waals surface area contributed by atoms with Gasteiger partial charge < -0.3 is 10.1 Å². The number of carbonyl (C=O) groups is 1. The van der Waals surface area contributed by atoms with Gasteiger partial charge in [-0.15, -0.1) is 0 Å². The Hall–Kier alpha value is -2.43. The first kappa shape index (κ1) is 22.3. The molecule has 0 saturated carbocycles. The molecule has 0 radical (unpaired) electrons. The van der Waals surface area contributed by atoms with E-state index in [-0.39, 0.29) is 41.0 Å².